The minimum absolute atomic E-state index is 0.164. The van der Waals surface area contributed by atoms with E-state index in [0.29, 0.717) is 42.6 Å². The lowest BCUT2D eigenvalue weighted by atomic mass is 10.1. The quantitative estimate of drug-likeness (QED) is 0.0471. The lowest BCUT2D eigenvalue weighted by Crippen LogP contribution is -2.05. The van der Waals surface area contributed by atoms with E-state index in [0.717, 1.165) is 73.0 Å². The van der Waals surface area contributed by atoms with Gasteiger partial charge in [0.15, 0.2) is 11.5 Å². The molecule has 59 heavy (non-hydrogen) atoms. The Labute approximate surface area is 356 Å². The van der Waals surface area contributed by atoms with Gasteiger partial charge in [0.25, 0.3) is 0 Å². The molecule has 0 aromatic heterocycles. The van der Waals surface area contributed by atoms with E-state index in [1.807, 2.05) is 84.9 Å². The van der Waals surface area contributed by atoms with Crippen LogP contribution in [0.25, 0.3) is 0 Å². The molecule has 0 aliphatic rings. The Morgan fingerprint density at radius 1 is 0.339 bits per heavy atom. The number of ether oxygens (including phenoxy) is 6. The Bertz CT molecular complexity index is 1550. The highest BCUT2D eigenvalue weighted by Gasteiger charge is 2.17. The summed E-state index contributed by atoms with van der Waals surface area (Å²) in [5.74, 6) is 4.09. The Morgan fingerprint density at radius 2 is 0.644 bits per heavy atom. The first-order valence-electron chi connectivity index (χ1n) is 22.9. The first-order chi connectivity index (χ1) is 29.1. The fraction of sp³-hybridized carbons (Fsp3) is 0.538. The van der Waals surface area contributed by atoms with Crippen molar-refractivity contribution in [1.29, 1.82) is 0 Å². The van der Waals surface area contributed by atoms with Crippen molar-refractivity contribution in [3.63, 3.8) is 0 Å². The molecule has 0 aliphatic carbocycles. The van der Waals surface area contributed by atoms with Crippen LogP contribution in [0.3, 0.4) is 0 Å². The third-order valence-electron chi connectivity index (χ3n) is 10.5. The molecule has 1 N–H and O–H groups in total. The minimum Gasteiger partial charge on any atom is -0.494 e. The molecule has 0 spiro atoms. The molecule has 0 radical (unpaired) electrons. The molecule has 0 aliphatic heterocycles. The average Bonchev–Trinajstić information content (AvgIpc) is 3.27. The normalized spacial score (nSPS) is 11.1. The van der Waals surface area contributed by atoms with Gasteiger partial charge in [-0.1, -0.05) is 153 Å². The average molecular weight is 811 g/mol. The van der Waals surface area contributed by atoms with E-state index < -0.39 is 0 Å². The number of rotatable bonds is 34. The second-order valence-electron chi connectivity index (χ2n) is 15.7. The Morgan fingerprint density at radius 3 is 0.966 bits per heavy atom. The molecule has 7 nitrogen and oxygen atoms in total. The van der Waals surface area contributed by atoms with Crippen LogP contribution in [0.5, 0.6) is 34.5 Å². The Kier molecular flexibility index (Phi) is 23.9. The number of unbranched alkanes of at least 4 members (excludes halogenated alkanes) is 15. The van der Waals surface area contributed by atoms with Crippen molar-refractivity contribution in [3.8, 4) is 34.5 Å². The van der Waals surface area contributed by atoms with Crippen LogP contribution in [0.2, 0.25) is 0 Å². The molecule has 0 saturated carbocycles. The van der Waals surface area contributed by atoms with Gasteiger partial charge in [0.2, 0.25) is 5.75 Å². The Hall–Kier alpha value is -4.36. The van der Waals surface area contributed by atoms with Crippen molar-refractivity contribution in [2.24, 2.45) is 0 Å². The highest BCUT2D eigenvalue weighted by Crippen LogP contribution is 2.41. The van der Waals surface area contributed by atoms with E-state index in [2.05, 4.69) is 20.8 Å². The van der Waals surface area contributed by atoms with Crippen LogP contribution in [0.4, 0.5) is 0 Å². The predicted octanol–water partition coefficient (Wildman–Crippen LogP) is 14.1. The van der Waals surface area contributed by atoms with E-state index in [-0.39, 0.29) is 6.61 Å². The van der Waals surface area contributed by atoms with Crippen LogP contribution in [0, 0.1) is 0 Å². The third-order valence-corrected chi connectivity index (χ3v) is 10.5. The molecule has 4 aromatic carbocycles. The summed E-state index contributed by atoms with van der Waals surface area (Å²) >= 11 is 0. The fourth-order valence-corrected chi connectivity index (χ4v) is 6.82. The molecule has 4 rings (SSSR count). The van der Waals surface area contributed by atoms with Gasteiger partial charge in [-0.25, -0.2) is 0 Å². The van der Waals surface area contributed by atoms with Gasteiger partial charge in [0.05, 0.1) is 26.4 Å². The van der Waals surface area contributed by atoms with Crippen LogP contribution < -0.4 is 28.4 Å². The van der Waals surface area contributed by atoms with Gasteiger partial charge < -0.3 is 33.5 Å². The molecular formula is C52H74O7. The first-order valence-corrected chi connectivity index (χ1v) is 22.9. The predicted molar refractivity (Wildman–Crippen MR) is 241 cm³/mol. The second-order valence-corrected chi connectivity index (χ2v) is 15.7. The van der Waals surface area contributed by atoms with Crippen LogP contribution in [-0.2, 0) is 26.4 Å². The number of aliphatic hydroxyl groups excluding tert-OH is 1. The highest BCUT2D eigenvalue weighted by atomic mass is 16.5. The van der Waals surface area contributed by atoms with Crippen LogP contribution >= 0.6 is 0 Å². The molecule has 0 bridgehead atoms. The van der Waals surface area contributed by atoms with Gasteiger partial charge in [0.1, 0.15) is 37.1 Å². The summed E-state index contributed by atoms with van der Waals surface area (Å²) in [4.78, 5) is 0. The zero-order valence-corrected chi connectivity index (χ0v) is 36.7. The molecular weight excluding hydrogens is 737 g/mol. The summed E-state index contributed by atoms with van der Waals surface area (Å²) in [6, 6.07) is 27.8. The molecule has 0 atom stereocenters. The standard InChI is InChI=1S/C52H74O7/c1-4-7-10-13-16-19-34-54-47-28-22-43(23-29-47)40-57-50-37-46(39-53)38-51(58-41-44-24-30-48(31-25-44)55-35-20-17-14-11-8-5-2)52(50)59-42-45-26-32-49(33-27-45)56-36-21-18-15-12-9-6-3/h22-33,37-38,53H,4-21,34-36,39-42H2,1-3H3. The monoisotopic (exact) mass is 811 g/mol. The van der Waals surface area contributed by atoms with Crippen LogP contribution in [-0.4, -0.2) is 24.9 Å². The van der Waals surface area contributed by atoms with Crippen molar-refractivity contribution >= 4 is 0 Å². The number of hydrogen-bond donors (Lipinski definition) is 1. The molecule has 0 amide bonds. The molecule has 7 heteroatoms. The summed E-state index contributed by atoms with van der Waals surface area (Å²) in [6.45, 7) is 9.68. The summed E-state index contributed by atoms with van der Waals surface area (Å²) in [5.41, 5.74) is 3.66. The second kappa shape index (κ2) is 29.8. The van der Waals surface area contributed by atoms with Gasteiger partial charge >= 0.3 is 0 Å². The largest absolute Gasteiger partial charge is 0.494 e. The van der Waals surface area contributed by atoms with Crippen LogP contribution in [0.15, 0.2) is 84.9 Å². The lowest BCUT2D eigenvalue weighted by Gasteiger charge is -2.19. The molecule has 0 fully saturated rings. The highest BCUT2D eigenvalue weighted by molar-refractivity contribution is 5.54. The Balaban J connectivity index is 1.39. The van der Waals surface area contributed by atoms with E-state index >= 15 is 0 Å². The maximum Gasteiger partial charge on any atom is 0.203 e. The molecule has 324 valence electrons. The van der Waals surface area contributed by atoms with Crippen molar-refractivity contribution in [3.05, 3.63) is 107 Å². The van der Waals surface area contributed by atoms with Gasteiger partial charge in [-0.3, -0.25) is 0 Å². The third kappa shape index (κ3) is 19.5. The van der Waals surface area contributed by atoms with Gasteiger partial charge in [-0.15, -0.1) is 0 Å². The fourth-order valence-electron chi connectivity index (χ4n) is 6.82. The van der Waals surface area contributed by atoms with Crippen LogP contribution in [0.1, 0.15) is 159 Å². The molecule has 4 aromatic rings. The summed E-state index contributed by atoms with van der Waals surface area (Å²) in [6.07, 6.45) is 22.2. The number of aliphatic hydroxyl groups is 1. The van der Waals surface area contributed by atoms with E-state index in [9.17, 15) is 5.11 Å². The summed E-state index contributed by atoms with van der Waals surface area (Å²) in [5, 5.41) is 10.3. The summed E-state index contributed by atoms with van der Waals surface area (Å²) < 4.78 is 37.4. The first kappa shape index (κ1) is 47.3. The topological polar surface area (TPSA) is 75.6 Å². The van der Waals surface area contributed by atoms with Crippen molar-refractivity contribution in [2.75, 3.05) is 19.8 Å². The maximum atomic E-state index is 10.3. The zero-order chi connectivity index (χ0) is 41.6. The van der Waals surface area contributed by atoms with E-state index in [4.69, 9.17) is 28.4 Å². The number of hydrogen-bond acceptors (Lipinski definition) is 7. The van der Waals surface area contributed by atoms with Crippen molar-refractivity contribution in [1.82, 2.24) is 0 Å². The van der Waals surface area contributed by atoms with Gasteiger partial charge in [-0.05, 0) is 90.0 Å². The van der Waals surface area contributed by atoms with E-state index in [1.54, 1.807) is 0 Å². The molecule has 0 saturated heterocycles. The summed E-state index contributed by atoms with van der Waals surface area (Å²) in [7, 11) is 0. The molecule has 0 unspecified atom stereocenters. The van der Waals surface area contributed by atoms with Gasteiger partial charge in [-0.2, -0.15) is 0 Å². The van der Waals surface area contributed by atoms with Gasteiger partial charge in [0, 0.05) is 0 Å². The zero-order valence-electron chi connectivity index (χ0n) is 36.7. The number of benzene rings is 4. The lowest BCUT2D eigenvalue weighted by molar-refractivity contribution is 0.226. The van der Waals surface area contributed by atoms with Crippen molar-refractivity contribution < 1.29 is 33.5 Å². The SMILES string of the molecule is CCCCCCCCOc1ccc(COc2cc(CO)cc(OCc3ccc(OCCCCCCCC)cc3)c2OCc2ccc(OCCCCCCCC)cc2)cc1. The van der Waals surface area contributed by atoms with E-state index in [1.165, 1.54) is 96.3 Å². The maximum absolute atomic E-state index is 10.3. The smallest absolute Gasteiger partial charge is 0.203 e. The minimum atomic E-state index is -0.164. The molecule has 0 heterocycles. The van der Waals surface area contributed by atoms with Crippen molar-refractivity contribution in [2.45, 2.75) is 163 Å².